The number of rotatable bonds is 9. The molecular weight excluding hydrogens is 214 g/mol. The molecule has 0 saturated carbocycles. The van der Waals surface area contributed by atoms with Gasteiger partial charge < -0.3 is 9.84 Å². The quantitative estimate of drug-likeness (QED) is 0.620. The van der Waals surface area contributed by atoms with Crippen molar-refractivity contribution >= 4 is 11.6 Å². The Kier molecular flexibility index (Phi) is 9.51. The van der Waals surface area contributed by atoms with Gasteiger partial charge in [0.05, 0.1) is 12.7 Å². The van der Waals surface area contributed by atoms with E-state index in [1.807, 2.05) is 0 Å². The predicted octanol–water partition coefficient (Wildman–Crippen LogP) is 1.72. The Morgan fingerprint density at radius 1 is 1.33 bits per heavy atom. The van der Waals surface area contributed by atoms with Gasteiger partial charge in [0.25, 0.3) is 0 Å². The highest BCUT2D eigenvalue weighted by atomic mass is 35.5. The zero-order valence-corrected chi connectivity index (χ0v) is 10.8. The average Bonchev–Trinajstić information content (AvgIpc) is 2.26. The van der Waals surface area contributed by atoms with E-state index in [4.69, 9.17) is 16.3 Å². The smallest absolute Gasteiger partial charge is 0.0802 e. The predicted molar refractivity (Wildman–Crippen MR) is 64.5 cm³/mol. The van der Waals surface area contributed by atoms with E-state index in [9.17, 15) is 5.11 Å². The summed E-state index contributed by atoms with van der Waals surface area (Å²) in [7, 11) is 1.70. The van der Waals surface area contributed by atoms with Crippen LogP contribution in [0.5, 0.6) is 0 Å². The molecule has 0 bridgehead atoms. The van der Waals surface area contributed by atoms with Crippen molar-refractivity contribution in [3.8, 4) is 0 Å². The fourth-order valence-corrected chi connectivity index (χ4v) is 1.85. The lowest BCUT2D eigenvalue weighted by molar-refractivity contribution is 0.0698. The zero-order chi connectivity index (χ0) is 11.7. The first-order valence-corrected chi connectivity index (χ1v) is 6.19. The Morgan fingerprint density at radius 3 is 2.33 bits per heavy atom. The van der Waals surface area contributed by atoms with Gasteiger partial charge in [-0.2, -0.15) is 0 Å². The molecule has 0 fully saturated rings. The van der Waals surface area contributed by atoms with Gasteiger partial charge in [-0.1, -0.05) is 13.8 Å². The van der Waals surface area contributed by atoms with Gasteiger partial charge in [0, 0.05) is 32.1 Å². The summed E-state index contributed by atoms with van der Waals surface area (Å²) >= 11 is 5.61. The lowest BCUT2D eigenvalue weighted by Gasteiger charge is -2.31. The van der Waals surface area contributed by atoms with Crippen LogP contribution in [0.1, 0.15) is 26.7 Å². The Hall–Kier alpha value is 0.170. The fourth-order valence-electron chi connectivity index (χ4n) is 1.76. The fraction of sp³-hybridized carbons (Fsp3) is 1.00. The van der Waals surface area contributed by atoms with E-state index >= 15 is 0 Å². The molecule has 1 N–H and O–H groups in total. The second-order valence-corrected chi connectivity index (χ2v) is 4.07. The molecule has 0 aliphatic rings. The molecule has 0 aromatic carbocycles. The van der Waals surface area contributed by atoms with Crippen LogP contribution in [0.4, 0.5) is 0 Å². The van der Waals surface area contributed by atoms with Crippen molar-refractivity contribution < 1.29 is 9.84 Å². The number of ether oxygens (including phenoxy) is 1. The molecule has 1 unspecified atom stereocenters. The number of hydrogen-bond donors (Lipinski definition) is 1. The van der Waals surface area contributed by atoms with Gasteiger partial charge in [-0.05, 0) is 12.8 Å². The van der Waals surface area contributed by atoms with E-state index in [2.05, 4.69) is 18.7 Å². The van der Waals surface area contributed by atoms with Gasteiger partial charge in [-0.25, -0.2) is 0 Å². The average molecular weight is 238 g/mol. The first-order chi connectivity index (χ1) is 7.19. The highest BCUT2D eigenvalue weighted by molar-refractivity contribution is 6.18. The molecule has 0 aromatic rings. The van der Waals surface area contributed by atoms with E-state index < -0.39 is 6.10 Å². The third-order valence-electron chi connectivity index (χ3n) is 2.66. The number of alkyl halides is 1. The minimum atomic E-state index is -0.441. The standard InChI is InChI=1S/C11H24ClNO2/c1-4-10(5-2)13(6-7-15-3)9-11(14)8-12/h10-11,14H,4-9H2,1-3H3. The summed E-state index contributed by atoms with van der Waals surface area (Å²) in [5.41, 5.74) is 0. The molecule has 0 rings (SSSR count). The van der Waals surface area contributed by atoms with Crippen LogP contribution in [-0.4, -0.2) is 54.8 Å². The largest absolute Gasteiger partial charge is 0.391 e. The van der Waals surface area contributed by atoms with Crippen LogP contribution < -0.4 is 0 Å². The van der Waals surface area contributed by atoms with Crippen molar-refractivity contribution in [2.75, 3.05) is 32.7 Å². The van der Waals surface area contributed by atoms with Gasteiger partial charge in [0.1, 0.15) is 0 Å². The third-order valence-corrected chi connectivity index (χ3v) is 3.02. The van der Waals surface area contributed by atoms with Crippen LogP contribution in [0.3, 0.4) is 0 Å². The summed E-state index contributed by atoms with van der Waals surface area (Å²) in [5.74, 6) is 0.295. The van der Waals surface area contributed by atoms with Gasteiger partial charge in [-0.3, -0.25) is 4.90 Å². The molecule has 15 heavy (non-hydrogen) atoms. The summed E-state index contributed by atoms with van der Waals surface area (Å²) in [5, 5.41) is 9.55. The zero-order valence-electron chi connectivity index (χ0n) is 10.1. The van der Waals surface area contributed by atoms with Crippen molar-refractivity contribution in [3.63, 3.8) is 0 Å². The Labute approximate surface area is 98.4 Å². The van der Waals surface area contributed by atoms with Crippen LogP contribution in [0.25, 0.3) is 0 Å². The molecule has 3 nitrogen and oxygen atoms in total. The molecule has 0 aliphatic carbocycles. The van der Waals surface area contributed by atoms with Crippen molar-refractivity contribution in [1.29, 1.82) is 0 Å². The van der Waals surface area contributed by atoms with E-state index in [-0.39, 0.29) is 0 Å². The maximum Gasteiger partial charge on any atom is 0.0802 e. The summed E-state index contributed by atoms with van der Waals surface area (Å²) in [6, 6.07) is 0.512. The van der Waals surface area contributed by atoms with Gasteiger partial charge in [0.2, 0.25) is 0 Å². The maximum absolute atomic E-state index is 9.55. The van der Waals surface area contributed by atoms with Crippen molar-refractivity contribution in [2.24, 2.45) is 0 Å². The second-order valence-electron chi connectivity index (χ2n) is 3.77. The van der Waals surface area contributed by atoms with Crippen molar-refractivity contribution in [1.82, 2.24) is 4.90 Å². The van der Waals surface area contributed by atoms with Gasteiger partial charge in [-0.15, -0.1) is 11.6 Å². The summed E-state index contributed by atoms with van der Waals surface area (Å²) in [6.45, 7) is 6.53. The Bertz CT molecular complexity index is 143. The molecule has 1 atom stereocenters. The molecular formula is C11H24ClNO2. The lowest BCUT2D eigenvalue weighted by Crippen LogP contribution is -2.42. The molecule has 92 valence electrons. The minimum absolute atomic E-state index is 0.295. The number of aliphatic hydroxyl groups is 1. The van der Waals surface area contributed by atoms with Crippen LogP contribution in [-0.2, 0) is 4.74 Å². The summed E-state index contributed by atoms with van der Waals surface area (Å²) in [6.07, 6.45) is 1.74. The lowest BCUT2D eigenvalue weighted by atomic mass is 10.1. The molecule has 0 radical (unpaired) electrons. The van der Waals surface area contributed by atoms with Crippen LogP contribution in [0.2, 0.25) is 0 Å². The van der Waals surface area contributed by atoms with E-state index in [1.54, 1.807) is 7.11 Å². The van der Waals surface area contributed by atoms with E-state index in [1.165, 1.54) is 0 Å². The minimum Gasteiger partial charge on any atom is -0.391 e. The third kappa shape index (κ3) is 6.36. The Balaban J connectivity index is 4.14. The summed E-state index contributed by atoms with van der Waals surface area (Å²) < 4.78 is 5.07. The number of halogens is 1. The highest BCUT2D eigenvalue weighted by Gasteiger charge is 2.17. The maximum atomic E-state index is 9.55. The van der Waals surface area contributed by atoms with Crippen molar-refractivity contribution in [3.05, 3.63) is 0 Å². The van der Waals surface area contributed by atoms with Crippen LogP contribution in [0.15, 0.2) is 0 Å². The first-order valence-electron chi connectivity index (χ1n) is 5.66. The second kappa shape index (κ2) is 9.40. The normalized spacial score (nSPS) is 13.8. The topological polar surface area (TPSA) is 32.7 Å². The highest BCUT2D eigenvalue weighted by Crippen LogP contribution is 2.09. The number of aliphatic hydroxyl groups excluding tert-OH is 1. The molecule has 0 spiro atoms. The number of nitrogens with zero attached hydrogens (tertiary/aromatic N) is 1. The Morgan fingerprint density at radius 2 is 1.93 bits per heavy atom. The molecule has 4 heteroatoms. The van der Waals surface area contributed by atoms with Crippen LogP contribution in [0, 0.1) is 0 Å². The molecule has 0 aromatic heterocycles. The van der Waals surface area contributed by atoms with Crippen LogP contribution >= 0.6 is 11.6 Å². The molecule has 0 saturated heterocycles. The van der Waals surface area contributed by atoms with E-state index in [0.29, 0.717) is 25.1 Å². The van der Waals surface area contributed by atoms with Gasteiger partial charge in [0.15, 0.2) is 0 Å². The SMILES string of the molecule is CCC(CC)N(CCOC)CC(O)CCl. The van der Waals surface area contributed by atoms with Gasteiger partial charge >= 0.3 is 0 Å². The number of methoxy groups -OCH3 is 1. The molecule has 0 heterocycles. The summed E-state index contributed by atoms with van der Waals surface area (Å²) in [4.78, 5) is 2.26. The van der Waals surface area contributed by atoms with E-state index in [0.717, 1.165) is 19.4 Å². The molecule has 0 aliphatic heterocycles. The molecule has 0 amide bonds. The van der Waals surface area contributed by atoms with Crippen molar-refractivity contribution in [2.45, 2.75) is 38.8 Å². The monoisotopic (exact) mass is 237 g/mol. The first kappa shape index (κ1) is 15.2. The number of hydrogen-bond acceptors (Lipinski definition) is 3.